The summed E-state index contributed by atoms with van der Waals surface area (Å²) in [4.78, 5) is 9.50. The number of fused-ring (bicyclic) bond motifs is 1. The van der Waals surface area contributed by atoms with Gasteiger partial charge in [0.25, 0.3) is 0 Å². The lowest BCUT2D eigenvalue weighted by atomic mass is 9.63. The van der Waals surface area contributed by atoms with Crippen molar-refractivity contribution in [2.45, 2.75) is 179 Å². The Kier molecular flexibility index (Phi) is 19.2. The molecule has 0 bridgehead atoms. The predicted molar refractivity (Wildman–Crippen MR) is 288 cm³/mol. The van der Waals surface area contributed by atoms with Crippen molar-refractivity contribution >= 4 is 22.7 Å². The average Bonchev–Trinajstić information content (AvgIpc) is 3.98. The van der Waals surface area contributed by atoms with Crippen molar-refractivity contribution in [2.24, 2.45) is 11.8 Å². The summed E-state index contributed by atoms with van der Waals surface area (Å²) in [7, 11) is 0. The van der Waals surface area contributed by atoms with Gasteiger partial charge in [-0.05, 0) is 108 Å². The van der Waals surface area contributed by atoms with Gasteiger partial charge in [-0.15, -0.1) is 24.4 Å². The van der Waals surface area contributed by atoms with Crippen LogP contribution in [0.3, 0.4) is 0 Å². The molecule has 0 radical (unpaired) electrons. The highest BCUT2D eigenvalue weighted by Gasteiger charge is 2.43. The molecule has 4 unspecified atom stereocenters. The summed E-state index contributed by atoms with van der Waals surface area (Å²) in [6, 6.07) is 27.3. The van der Waals surface area contributed by atoms with Gasteiger partial charge in [-0.1, -0.05) is 141 Å². The molecule has 4 atom stereocenters. The standard InChI is InChI=1S/C62H86N4O6/c1-5-9-13-17-33-63(34-18-14-10-6-2)47-25-21-43(22-26-47)55-59(69)57(60(55)70)51-31-29-49(37-53(51)67)65-39-45-41-66(42-46(45)40-65)50-30-32-52(54(68)38-50)58-61(71)56(62(58)72)44-23-27-48(28-24-44)64(35-19-15-11-7-3)36-20-16-12-8-4/h21-32,37-38,45-46,55-62,67-68H,5-20,33-36,39-42H2,1-4H3/q-4. The Morgan fingerprint density at radius 1 is 0.403 bits per heavy atom. The second kappa shape index (κ2) is 25.6. The number of anilines is 4. The van der Waals surface area contributed by atoms with E-state index in [1.165, 1.54) is 77.0 Å². The molecule has 2 heterocycles. The Bertz CT molecular complexity index is 2060. The molecule has 4 aromatic rings. The summed E-state index contributed by atoms with van der Waals surface area (Å²) in [5, 5.41) is 77.7. The van der Waals surface area contributed by atoms with Crippen LogP contribution in [-0.4, -0.2) is 87.0 Å². The lowest BCUT2D eigenvalue weighted by Gasteiger charge is -2.61. The molecule has 4 aromatic carbocycles. The molecule has 2 N–H and O–H groups in total. The number of phenols is 2. The molecule has 4 aliphatic rings. The monoisotopic (exact) mass is 983 g/mol. The van der Waals surface area contributed by atoms with E-state index < -0.39 is 48.1 Å². The first-order valence-electron chi connectivity index (χ1n) is 28.5. The quantitative estimate of drug-likeness (QED) is 0.0529. The van der Waals surface area contributed by atoms with E-state index in [2.05, 4.69) is 71.6 Å². The second-order valence-electron chi connectivity index (χ2n) is 22.2. The maximum Gasteiger partial charge on any atom is 0.121 e. The molecular weight excluding hydrogens is 897 g/mol. The highest BCUT2D eigenvalue weighted by atomic mass is 16.3. The molecule has 72 heavy (non-hydrogen) atoms. The smallest absolute Gasteiger partial charge is 0.121 e. The largest absolute Gasteiger partial charge is 0.851 e. The first-order chi connectivity index (χ1) is 35.1. The van der Waals surface area contributed by atoms with Gasteiger partial charge in [0, 0.05) is 99.1 Å². The molecular formula is C62H86N4O6-4. The van der Waals surface area contributed by atoms with E-state index in [-0.39, 0.29) is 11.5 Å². The van der Waals surface area contributed by atoms with Crippen LogP contribution in [0.25, 0.3) is 0 Å². The highest BCUT2D eigenvalue weighted by molar-refractivity contribution is 5.60. The minimum atomic E-state index is -1.12. The molecule has 2 saturated carbocycles. The number of hydrogen-bond acceptors (Lipinski definition) is 10. The molecule has 2 saturated heterocycles. The first kappa shape index (κ1) is 53.8. The summed E-state index contributed by atoms with van der Waals surface area (Å²) in [5.41, 5.74) is 6.58. The molecule has 2 aliphatic carbocycles. The topological polar surface area (TPSA) is 146 Å². The number of hydrogen-bond donors (Lipinski definition) is 2. The third-order valence-corrected chi connectivity index (χ3v) is 17.2. The summed E-state index contributed by atoms with van der Waals surface area (Å²) in [6.07, 6.45) is 14.9. The number of aromatic hydroxyl groups is 2. The fourth-order valence-corrected chi connectivity index (χ4v) is 12.7. The Labute approximate surface area is 432 Å². The summed E-state index contributed by atoms with van der Waals surface area (Å²) < 4.78 is 0. The van der Waals surface area contributed by atoms with Gasteiger partial charge in [-0.3, -0.25) is 0 Å². The van der Waals surface area contributed by atoms with Gasteiger partial charge in [0.2, 0.25) is 0 Å². The van der Waals surface area contributed by atoms with E-state index in [0.29, 0.717) is 23.0 Å². The maximum atomic E-state index is 13.8. The summed E-state index contributed by atoms with van der Waals surface area (Å²) in [5.74, 6) is -2.09. The van der Waals surface area contributed by atoms with Crippen LogP contribution < -0.4 is 40.0 Å². The van der Waals surface area contributed by atoms with Crippen LogP contribution in [0.15, 0.2) is 84.9 Å². The Balaban J connectivity index is 0.824. The molecule has 0 spiro atoms. The summed E-state index contributed by atoms with van der Waals surface area (Å²) >= 11 is 0. The molecule has 0 aromatic heterocycles. The maximum absolute atomic E-state index is 13.8. The van der Waals surface area contributed by atoms with E-state index in [4.69, 9.17) is 0 Å². The van der Waals surface area contributed by atoms with Crippen LogP contribution in [0, 0.1) is 11.8 Å². The third kappa shape index (κ3) is 12.2. The van der Waals surface area contributed by atoms with Crippen molar-refractivity contribution < 1.29 is 30.6 Å². The zero-order valence-electron chi connectivity index (χ0n) is 44.1. The lowest BCUT2D eigenvalue weighted by Crippen LogP contribution is -2.63. The molecule has 8 rings (SSSR count). The predicted octanol–water partition coefficient (Wildman–Crippen LogP) is 9.28. The minimum absolute atomic E-state index is 0.0173. The van der Waals surface area contributed by atoms with Crippen molar-refractivity contribution in [2.75, 3.05) is 72.0 Å². The molecule has 394 valence electrons. The van der Waals surface area contributed by atoms with Gasteiger partial charge >= 0.3 is 0 Å². The Morgan fingerprint density at radius 2 is 0.708 bits per heavy atom. The Hall–Kier alpha value is -4.48. The molecule has 0 amide bonds. The van der Waals surface area contributed by atoms with Crippen LogP contribution in [-0.2, 0) is 0 Å². The highest BCUT2D eigenvalue weighted by Crippen LogP contribution is 2.50. The van der Waals surface area contributed by atoms with Crippen LogP contribution in [0.2, 0.25) is 0 Å². The van der Waals surface area contributed by atoms with Crippen LogP contribution in [0.5, 0.6) is 11.5 Å². The van der Waals surface area contributed by atoms with Gasteiger partial charge < -0.3 is 50.2 Å². The third-order valence-electron chi connectivity index (χ3n) is 17.2. The van der Waals surface area contributed by atoms with E-state index in [0.717, 1.165) is 112 Å². The van der Waals surface area contributed by atoms with Crippen molar-refractivity contribution in [3.63, 3.8) is 0 Å². The fraction of sp³-hybridized carbons (Fsp3) is 0.613. The number of unbranched alkanes of at least 4 members (excludes halogenated alkanes) is 12. The van der Waals surface area contributed by atoms with Gasteiger partial charge in [0.05, 0.1) is 0 Å². The van der Waals surface area contributed by atoms with E-state index in [1.807, 2.05) is 36.4 Å². The first-order valence-corrected chi connectivity index (χ1v) is 28.5. The van der Waals surface area contributed by atoms with E-state index in [9.17, 15) is 30.6 Å². The zero-order valence-corrected chi connectivity index (χ0v) is 44.1. The number of rotatable bonds is 28. The van der Waals surface area contributed by atoms with Gasteiger partial charge in [0.15, 0.2) is 0 Å². The summed E-state index contributed by atoms with van der Waals surface area (Å²) in [6.45, 7) is 16.2. The second-order valence-corrected chi connectivity index (χ2v) is 22.2. The number of benzene rings is 4. The van der Waals surface area contributed by atoms with Crippen LogP contribution in [0.1, 0.15) is 176 Å². The molecule has 10 heteroatoms. The fourth-order valence-electron chi connectivity index (χ4n) is 12.7. The number of nitrogens with zero attached hydrogens (tertiary/aromatic N) is 4. The van der Waals surface area contributed by atoms with Gasteiger partial charge in [-0.2, -0.15) is 0 Å². The average molecular weight is 983 g/mol. The minimum Gasteiger partial charge on any atom is -0.851 e. The lowest BCUT2D eigenvalue weighted by molar-refractivity contribution is -0.536. The molecule has 4 fully saturated rings. The Morgan fingerprint density at radius 3 is 0.986 bits per heavy atom. The van der Waals surface area contributed by atoms with Crippen LogP contribution >= 0.6 is 0 Å². The number of phenolic OH excluding ortho intramolecular Hbond substituents is 2. The van der Waals surface area contributed by atoms with Crippen molar-refractivity contribution in [1.82, 2.24) is 0 Å². The van der Waals surface area contributed by atoms with Gasteiger partial charge in [0.1, 0.15) is 11.5 Å². The molecule has 2 aliphatic heterocycles. The van der Waals surface area contributed by atoms with E-state index >= 15 is 0 Å². The van der Waals surface area contributed by atoms with Gasteiger partial charge in [-0.25, -0.2) is 0 Å². The van der Waals surface area contributed by atoms with Crippen LogP contribution in [0.4, 0.5) is 22.7 Å². The van der Waals surface area contributed by atoms with Crippen molar-refractivity contribution in [1.29, 1.82) is 0 Å². The van der Waals surface area contributed by atoms with Crippen molar-refractivity contribution in [3.8, 4) is 11.5 Å². The SMILES string of the molecule is CCCCCCN(CCCCCC)c1ccc(C2C([O-])C(c3ccc(N4CC5CN(c6ccc(C7C([O-])C(c8ccc(N(CCCCCC)CCCCCC)cc8)C7[O-])c(O)c6)CC5C4)cc3O)C2[O-])cc1. The van der Waals surface area contributed by atoms with E-state index in [1.54, 1.807) is 24.3 Å². The molecule has 10 nitrogen and oxygen atoms in total. The zero-order chi connectivity index (χ0) is 50.7. The van der Waals surface area contributed by atoms with Crippen molar-refractivity contribution in [3.05, 3.63) is 107 Å². The normalized spacial score (nSPS) is 25.6.